The van der Waals surface area contributed by atoms with E-state index in [0.717, 1.165) is 3.57 Å². The van der Waals surface area contributed by atoms with E-state index in [-0.39, 0.29) is 6.04 Å². The van der Waals surface area contributed by atoms with E-state index < -0.39 is 0 Å². The first-order valence-corrected chi connectivity index (χ1v) is 4.89. The van der Waals surface area contributed by atoms with Crippen LogP contribution in [0.3, 0.4) is 0 Å². The third kappa shape index (κ3) is 2.56. The molecular weight excluding hydrogens is 277 g/mol. The minimum atomic E-state index is 0.0139. The third-order valence-corrected chi connectivity index (χ3v) is 2.30. The van der Waals surface area contributed by atoms with Gasteiger partial charge in [-0.2, -0.15) is 0 Å². The maximum atomic E-state index is 5.29. The van der Waals surface area contributed by atoms with Crippen LogP contribution in [-0.4, -0.2) is 23.1 Å². The standard InChI is InChI=1S/C9H10IN3/c1-4-7(2)13(3)9-11-5-8(10)6-12-9/h1,5-7H,2-3H3. The Morgan fingerprint density at radius 3 is 2.54 bits per heavy atom. The van der Waals surface area contributed by atoms with Gasteiger partial charge in [-0.25, -0.2) is 9.97 Å². The molecular formula is C9H10IN3. The normalized spacial score (nSPS) is 11.8. The molecule has 0 saturated heterocycles. The highest BCUT2D eigenvalue weighted by molar-refractivity contribution is 14.1. The molecule has 3 nitrogen and oxygen atoms in total. The van der Waals surface area contributed by atoms with Crippen molar-refractivity contribution in [1.29, 1.82) is 0 Å². The zero-order valence-electron chi connectivity index (χ0n) is 7.53. The van der Waals surface area contributed by atoms with Gasteiger partial charge >= 0.3 is 0 Å². The summed E-state index contributed by atoms with van der Waals surface area (Å²) in [5, 5.41) is 0. The number of aromatic nitrogens is 2. The molecule has 0 fully saturated rings. The van der Waals surface area contributed by atoms with Gasteiger partial charge in [0.15, 0.2) is 0 Å². The van der Waals surface area contributed by atoms with Crippen molar-refractivity contribution in [3.05, 3.63) is 16.0 Å². The fraction of sp³-hybridized carbons (Fsp3) is 0.333. The highest BCUT2D eigenvalue weighted by atomic mass is 127. The monoisotopic (exact) mass is 287 g/mol. The Kier molecular flexibility index (Phi) is 3.48. The minimum absolute atomic E-state index is 0.0139. The molecule has 0 saturated carbocycles. The summed E-state index contributed by atoms with van der Waals surface area (Å²) in [6, 6.07) is 0.0139. The van der Waals surface area contributed by atoms with E-state index in [2.05, 4.69) is 38.5 Å². The van der Waals surface area contributed by atoms with Crippen LogP contribution >= 0.6 is 22.6 Å². The fourth-order valence-electron chi connectivity index (χ4n) is 0.773. The Balaban J connectivity index is 2.84. The number of nitrogens with zero attached hydrogens (tertiary/aromatic N) is 3. The van der Waals surface area contributed by atoms with Crippen molar-refractivity contribution in [1.82, 2.24) is 9.97 Å². The fourth-order valence-corrected chi connectivity index (χ4v) is 1.05. The first kappa shape index (κ1) is 10.3. The maximum Gasteiger partial charge on any atom is 0.226 e. The molecule has 0 amide bonds. The van der Waals surface area contributed by atoms with Gasteiger partial charge in [0.2, 0.25) is 5.95 Å². The zero-order valence-corrected chi connectivity index (χ0v) is 9.69. The molecule has 4 heteroatoms. The van der Waals surface area contributed by atoms with Crippen LogP contribution in [0.5, 0.6) is 0 Å². The molecule has 0 aliphatic carbocycles. The Morgan fingerprint density at radius 1 is 1.54 bits per heavy atom. The molecule has 1 aromatic heterocycles. The third-order valence-electron chi connectivity index (χ3n) is 1.74. The predicted molar refractivity (Wildman–Crippen MR) is 61.4 cm³/mol. The van der Waals surface area contributed by atoms with Gasteiger partial charge in [0.05, 0.1) is 6.04 Å². The first-order chi connectivity index (χ1) is 6.15. The predicted octanol–water partition coefficient (Wildman–Crippen LogP) is 1.54. The van der Waals surface area contributed by atoms with Crippen molar-refractivity contribution < 1.29 is 0 Å². The minimum Gasteiger partial charge on any atom is -0.330 e. The van der Waals surface area contributed by atoms with Crippen LogP contribution < -0.4 is 4.90 Å². The second-order valence-electron chi connectivity index (χ2n) is 2.65. The average molecular weight is 287 g/mol. The van der Waals surface area contributed by atoms with Gasteiger partial charge in [0, 0.05) is 23.0 Å². The van der Waals surface area contributed by atoms with Crippen LogP contribution in [-0.2, 0) is 0 Å². The van der Waals surface area contributed by atoms with Gasteiger partial charge < -0.3 is 4.90 Å². The van der Waals surface area contributed by atoms with E-state index in [4.69, 9.17) is 6.42 Å². The number of hydrogen-bond donors (Lipinski definition) is 0. The summed E-state index contributed by atoms with van der Waals surface area (Å²) in [6.07, 6.45) is 8.82. The molecule has 1 atom stereocenters. The lowest BCUT2D eigenvalue weighted by atomic mass is 10.3. The lowest BCUT2D eigenvalue weighted by Gasteiger charge is -2.19. The van der Waals surface area contributed by atoms with Crippen molar-refractivity contribution in [2.45, 2.75) is 13.0 Å². The number of rotatable bonds is 2. The summed E-state index contributed by atoms with van der Waals surface area (Å²) in [6.45, 7) is 1.93. The van der Waals surface area contributed by atoms with E-state index in [1.54, 1.807) is 12.4 Å². The number of hydrogen-bond acceptors (Lipinski definition) is 3. The Labute approximate surface area is 91.7 Å². The lowest BCUT2D eigenvalue weighted by Crippen LogP contribution is -2.28. The molecule has 0 N–H and O–H groups in total. The smallest absolute Gasteiger partial charge is 0.226 e. The quantitative estimate of drug-likeness (QED) is 0.610. The summed E-state index contributed by atoms with van der Waals surface area (Å²) in [5.41, 5.74) is 0. The Morgan fingerprint density at radius 2 is 2.08 bits per heavy atom. The van der Waals surface area contributed by atoms with Crippen LogP contribution in [0.25, 0.3) is 0 Å². The summed E-state index contributed by atoms with van der Waals surface area (Å²) in [4.78, 5) is 10.2. The van der Waals surface area contributed by atoms with E-state index in [1.807, 2.05) is 18.9 Å². The largest absolute Gasteiger partial charge is 0.330 e. The van der Waals surface area contributed by atoms with Gasteiger partial charge in [-0.3, -0.25) is 0 Å². The molecule has 0 spiro atoms. The highest BCUT2D eigenvalue weighted by Gasteiger charge is 2.08. The molecule has 13 heavy (non-hydrogen) atoms. The van der Waals surface area contributed by atoms with Crippen molar-refractivity contribution in [2.24, 2.45) is 0 Å². The molecule has 1 aromatic rings. The number of anilines is 1. The van der Waals surface area contributed by atoms with E-state index in [0.29, 0.717) is 5.95 Å². The van der Waals surface area contributed by atoms with Crippen LogP contribution in [0.4, 0.5) is 5.95 Å². The maximum absolute atomic E-state index is 5.29. The highest BCUT2D eigenvalue weighted by Crippen LogP contribution is 2.08. The van der Waals surface area contributed by atoms with E-state index >= 15 is 0 Å². The number of halogens is 1. The average Bonchev–Trinajstić information content (AvgIpc) is 2.17. The zero-order chi connectivity index (χ0) is 9.84. The summed E-state index contributed by atoms with van der Waals surface area (Å²) in [7, 11) is 1.88. The molecule has 68 valence electrons. The van der Waals surface area contributed by atoms with Crippen molar-refractivity contribution in [3.8, 4) is 12.3 Å². The second-order valence-corrected chi connectivity index (χ2v) is 3.90. The van der Waals surface area contributed by atoms with Crippen molar-refractivity contribution >= 4 is 28.5 Å². The molecule has 0 radical (unpaired) electrons. The molecule has 1 heterocycles. The first-order valence-electron chi connectivity index (χ1n) is 3.81. The van der Waals surface area contributed by atoms with Gasteiger partial charge in [-0.15, -0.1) is 6.42 Å². The lowest BCUT2D eigenvalue weighted by molar-refractivity contribution is 0.806. The molecule has 0 bridgehead atoms. The topological polar surface area (TPSA) is 29.0 Å². The second kappa shape index (κ2) is 4.42. The Bertz CT molecular complexity index is 315. The van der Waals surface area contributed by atoms with Crippen LogP contribution in [0.15, 0.2) is 12.4 Å². The van der Waals surface area contributed by atoms with Crippen molar-refractivity contribution in [2.75, 3.05) is 11.9 Å². The molecule has 1 rings (SSSR count). The van der Waals surface area contributed by atoms with Crippen LogP contribution in [0.1, 0.15) is 6.92 Å². The summed E-state index contributed by atoms with van der Waals surface area (Å²) < 4.78 is 1.02. The molecule has 0 aromatic carbocycles. The SMILES string of the molecule is C#CC(C)N(C)c1ncc(I)cn1. The Hall–Kier alpha value is -0.830. The van der Waals surface area contributed by atoms with Gasteiger partial charge in [-0.05, 0) is 29.5 Å². The van der Waals surface area contributed by atoms with Crippen LogP contribution in [0, 0.1) is 15.9 Å². The number of terminal acetylenes is 1. The van der Waals surface area contributed by atoms with Gasteiger partial charge in [-0.1, -0.05) is 5.92 Å². The van der Waals surface area contributed by atoms with Crippen LogP contribution in [0.2, 0.25) is 0 Å². The van der Waals surface area contributed by atoms with E-state index in [1.165, 1.54) is 0 Å². The molecule has 0 aliphatic heterocycles. The summed E-state index contributed by atoms with van der Waals surface area (Å²) >= 11 is 2.16. The molecule has 1 unspecified atom stereocenters. The van der Waals surface area contributed by atoms with Gasteiger partial charge in [0.25, 0.3) is 0 Å². The van der Waals surface area contributed by atoms with E-state index in [9.17, 15) is 0 Å². The molecule has 0 aliphatic rings. The van der Waals surface area contributed by atoms with Gasteiger partial charge in [0.1, 0.15) is 0 Å². The summed E-state index contributed by atoms with van der Waals surface area (Å²) in [5.74, 6) is 3.28. The van der Waals surface area contributed by atoms with Crippen molar-refractivity contribution in [3.63, 3.8) is 0 Å².